The van der Waals surface area contributed by atoms with Gasteiger partial charge in [-0.2, -0.15) is 0 Å². The van der Waals surface area contributed by atoms with E-state index in [0.717, 1.165) is 25.5 Å². The van der Waals surface area contributed by atoms with Crippen molar-refractivity contribution in [1.29, 1.82) is 0 Å². The Morgan fingerprint density at radius 1 is 1.21 bits per heavy atom. The Kier molecular flexibility index (Phi) is 3.06. The van der Waals surface area contributed by atoms with Gasteiger partial charge >= 0.3 is 0 Å². The molecule has 0 bridgehead atoms. The van der Waals surface area contributed by atoms with Crippen LogP contribution >= 0.6 is 0 Å². The lowest BCUT2D eigenvalue weighted by molar-refractivity contribution is -0.0973. The lowest BCUT2D eigenvalue weighted by atomic mass is 9.66. The molecule has 2 N–H and O–H groups in total. The molecule has 0 aromatic heterocycles. The summed E-state index contributed by atoms with van der Waals surface area (Å²) >= 11 is 0. The number of hydrogen-bond donors (Lipinski definition) is 1. The van der Waals surface area contributed by atoms with Gasteiger partial charge in [0.05, 0.1) is 19.3 Å². The largest absolute Gasteiger partial charge is 0.491 e. The number of benzene rings is 1. The maximum Gasteiger partial charge on any atom is 0.119 e. The second kappa shape index (κ2) is 4.50. The minimum Gasteiger partial charge on any atom is -0.491 e. The van der Waals surface area contributed by atoms with Gasteiger partial charge in [-0.15, -0.1) is 0 Å². The summed E-state index contributed by atoms with van der Waals surface area (Å²) in [4.78, 5) is 0. The first-order valence-electron chi connectivity index (χ1n) is 7.17. The molecule has 2 aliphatic rings. The van der Waals surface area contributed by atoms with E-state index in [9.17, 15) is 0 Å². The highest BCUT2D eigenvalue weighted by Gasteiger charge is 2.62. The van der Waals surface area contributed by atoms with Gasteiger partial charge in [-0.3, -0.25) is 0 Å². The molecule has 3 nitrogen and oxygen atoms in total. The van der Waals surface area contributed by atoms with Crippen LogP contribution in [0.3, 0.4) is 0 Å². The SMILES string of the molecule is CC(C)Oc1ccc(C2(C3(CN)CC3)COC2)cc1. The topological polar surface area (TPSA) is 44.5 Å². The quantitative estimate of drug-likeness (QED) is 0.885. The maximum absolute atomic E-state index is 6.02. The van der Waals surface area contributed by atoms with E-state index in [-0.39, 0.29) is 16.9 Å². The fourth-order valence-electron chi connectivity index (χ4n) is 3.24. The van der Waals surface area contributed by atoms with Gasteiger partial charge < -0.3 is 15.2 Å². The van der Waals surface area contributed by atoms with Crippen molar-refractivity contribution in [2.24, 2.45) is 11.1 Å². The summed E-state index contributed by atoms with van der Waals surface area (Å²) in [5.74, 6) is 0.937. The molecule has 1 aliphatic carbocycles. The number of rotatable bonds is 5. The monoisotopic (exact) mass is 261 g/mol. The maximum atomic E-state index is 6.02. The van der Waals surface area contributed by atoms with Crippen LogP contribution in [-0.4, -0.2) is 25.9 Å². The standard InChI is InChI=1S/C16H23NO2/c1-12(2)19-14-5-3-13(4-6-14)16(10-18-11-16)15(9-17)7-8-15/h3-6,12H,7-11,17H2,1-2H3. The molecule has 0 unspecified atom stereocenters. The molecule has 1 aromatic carbocycles. The van der Waals surface area contributed by atoms with E-state index in [0.29, 0.717) is 0 Å². The zero-order chi connectivity index (χ0) is 13.5. The molecule has 19 heavy (non-hydrogen) atoms. The Morgan fingerprint density at radius 3 is 2.21 bits per heavy atom. The summed E-state index contributed by atoms with van der Waals surface area (Å²) < 4.78 is 11.2. The smallest absolute Gasteiger partial charge is 0.119 e. The number of ether oxygens (including phenoxy) is 2. The second-order valence-corrected chi connectivity index (χ2v) is 6.25. The highest BCUT2D eigenvalue weighted by Crippen LogP contribution is 2.61. The first-order valence-corrected chi connectivity index (χ1v) is 7.17. The Bertz CT molecular complexity index is 444. The van der Waals surface area contributed by atoms with Crippen LogP contribution < -0.4 is 10.5 Å². The van der Waals surface area contributed by atoms with Crippen LogP contribution in [0.4, 0.5) is 0 Å². The molecule has 1 saturated carbocycles. The lowest BCUT2D eigenvalue weighted by Gasteiger charge is -2.48. The van der Waals surface area contributed by atoms with Crippen molar-refractivity contribution in [3.63, 3.8) is 0 Å². The van der Waals surface area contributed by atoms with Crippen LogP contribution in [0.25, 0.3) is 0 Å². The molecule has 104 valence electrons. The fourth-order valence-corrected chi connectivity index (χ4v) is 3.24. The Hall–Kier alpha value is -1.06. The molecule has 0 atom stereocenters. The average molecular weight is 261 g/mol. The third-order valence-electron chi connectivity index (χ3n) is 4.74. The van der Waals surface area contributed by atoms with Crippen molar-refractivity contribution in [2.75, 3.05) is 19.8 Å². The first kappa shape index (κ1) is 12.9. The van der Waals surface area contributed by atoms with E-state index < -0.39 is 0 Å². The van der Waals surface area contributed by atoms with Crippen molar-refractivity contribution < 1.29 is 9.47 Å². The molecule has 2 fully saturated rings. The molecule has 1 heterocycles. The molecular formula is C16H23NO2. The van der Waals surface area contributed by atoms with E-state index in [4.69, 9.17) is 15.2 Å². The molecule has 0 radical (unpaired) electrons. The van der Waals surface area contributed by atoms with Crippen LogP contribution in [0.1, 0.15) is 32.3 Å². The van der Waals surface area contributed by atoms with Crippen LogP contribution in [0.5, 0.6) is 5.75 Å². The second-order valence-electron chi connectivity index (χ2n) is 6.25. The summed E-state index contributed by atoms with van der Waals surface area (Å²) in [5, 5.41) is 0. The molecule has 3 rings (SSSR count). The Labute approximate surface area is 115 Å². The van der Waals surface area contributed by atoms with Crippen molar-refractivity contribution >= 4 is 0 Å². The third-order valence-corrected chi connectivity index (χ3v) is 4.74. The van der Waals surface area contributed by atoms with Gasteiger partial charge in [-0.05, 0) is 56.3 Å². The van der Waals surface area contributed by atoms with E-state index in [1.54, 1.807) is 0 Å². The summed E-state index contributed by atoms with van der Waals surface area (Å²) in [7, 11) is 0. The summed E-state index contributed by atoms with van der Waals surface area (Å²) in [6.07, 6.45) is 2.68. The zero-order valence-electron chi connectivity index (χ0n) is 11.8. The predicted molar refractivity (Wildman–Crippen MR) is 75.4 cm³/mol. The van der Waals surface area contributed by atoms with Gasteiger partial charge in [0.1, 0.15) is 5.75 Å². The molecular weight excluding hydrogens is 238 g/mol. The summed E-state index contributed by atoms with van der Waals surface area (Å²) in [5.41, 5.74) is 7.81. The van der Waals surface area contributed by atoms with Crippen LogP contribution in [0.15, 0.2) is 24.3 Å². The van der Waals surface area contributed by atoms with E-state index in [1.165, 1.54) is 18.4 Å². The molecule has 0 spiro atoms. The van der Waals surface area contributed by atoms with E-state index in [1.807, 2.05) is 13.8 Å². The van der Waals surface area contributed by atoms with E-state index >= 15 is 0 Å². The van der Waals surface area contributed by atoms with Crippen LogP contribution in [-0.2, 0) is 10.2 Å². The van der Waals surface area contributed by atoms with Gasteiger partial charge in [0, 0.05) is 5.41 Å². The lowest BCUT2D eigenvalue weighted by Crippen LogP contribution is -2.55. The molecule has 1 aliphatic heterocycles. The van der Waals surface area contributed by atoms with Gasteiger partial charge in [-0.25, -0.2) is 0 Å². The summed E-state index contributed by atoms with van der Waals surface area (Å²) in [6.45, 7) is 6.48. The van der Waals surface area contributed by atoms with Crippen LogP contribution in [0, 0.1) is 5.41 Å². The Morgan fingerprint density at radius 2 is 1.84 bits per heavy atom. The summed E-state index contributed by atoms with van der Waals surface area (Å²) in [6, 6.07) is 8.52. The molecule has 1 saturated heterocycles. The van der Waals surface area contributed by atoms with Crippen molar-refractivity contribution in [1.82, 2.24) is 0 Å². The van der Waals surface area contributed by atoms with Gasteiger partial charge in [0.15, 0.2) is 0 Å². The van der Waals surface area contributed by atoms with Crippen molar-refractivity contribution in [3.05, 3.63) is 29.8 Å². The zero-order valence-corrected chi connectivity index (χ0v) is 11.8. The van der Waals surface area contributed by atoms with Crippen molar-refractivity contribution in [3.8, 4) is 5.75 Å². The fraction of sp³-hybridized carbons (Fsp3) is 0.625. The minimum atomic E-state index is 0.151. The van der Waals surface area contributed by atoms with Gasteiger partial charge in [-0.1, -0.05) is 12.1 Å². The average Bonchev–Trinajstić information content (AvgIpc) is 3.10. The Balaban J connectivity index is 1.85. The minimum absolute atomic E-state index is 0.151. The van der Waals surface area contributed by atoms with E-state index in [2.05, 4.69) is 24.3 Å². The number of nitrogens with two attached hydrogens (primary N) is 1. The highest BCUT2D eigenvalue weighted by molar-refractivity contribution is 5.38. The van der Waals surface area contributed by atoms with Crippen LogP contribution in [0.2, 0.25) is 0 Å². The third kappa shape index (κ3) is 1.96. The van der Waals surface area contributed by atoms with Gasteiger partial charge in [0.2, 0.25) is 0 Å². The predicted octanol–water partition coefficient (Wildman–Crippen LogP) is 2.48. The molecule has 0 amide bonds. The molecule has 3 heteroatoms. The number of hydrogen-bond acceptors (Lipinski definition) is 3. The normalized spacial score (nSPS) is 22.9. The van der Waals surface area contributed by atoms with Crippen molar-refractivity contribution in [2.45, 2.75) is 38.2 Å². The van der Waals surface area contributed by atoms with Gasteiger partial charge in [0.25, 0.3) is 0 Å². The molecule has 1 aromatic rings. The first-order chi connectivity index (χ1) is 9.12. The highest BCUT2D eigenvalue weighted by atomic mass is 16.5.